The number of carbonyl (C=O) groups is 1. The molecule has 2 atom stereocenters. The van der Waals surface area contributed by atoms with Crippen molar-refractivity contribution in [1.82, 2.24) is 10.3 Å². The van der Waals surface area contributed by atoms with Crippen LogP contribution in [0.1, 0.15) is 25.8 Å². The summed E-state index contributed by atoms with van der Waals surface area (Å²) in [6.07, 6.45) is 5.23. The molecule has 1 aromatic heterocycles. The molecule has 0 saturated carbocycles. The molecule has 4 nitrogen and oxygen atoms in total. The quantitative estimate of drug-likeness (QED) is 0.776. The summed E-state index contributed by atoms with van der Waals surface area (Å²) >= 11 is 0. The van der Waals surface area contributed by atoms with Crippen LogP contribution >= 0.6 is 0 Å². The molecular weight excluding hydrogens is 214 g/mol. The first kappa shape index (κ1) is 13.6. The molecule has 1 aromatic rings. The summed E-state index contributed by atoms with van der Waals surface area (Å²) in [5, 5.41) is 2.86. The van der Waals surface area contributed by atoms with Gasteiger partial charge in [-0.25, -0.2) is 0 Å². The number of rotatable bonds is 6. The number of hydrogen-bond donors (Lipinski definition) is 2. The van der Waals surface area contributed by atoms with E-state index in [1.54, 1.807) is 12.4 Å². The molecule has 3 N–H and O–H groups in total. The first-order valence-corrected chi connectivity index (χ1v) is 6.07. The van der Waals surface area contributed by atoms with Gasteiger partial charge in [-0.15, -0.1) is 0 Å². The van der Waals surface area contributed by atoms with Crippen LogP contribution in [-0.2, 0) is 11.2 Å². The highest BCUT2D eigenvalue weighted by atomic mass is 16.2. The standard InChI is InChI=1S/C13H21N3O/c1-3-10(2)12(14)13(17)16-9-6-11-4-7-15-8-5-11/h4-5,7-8,10,12H,3,6,9,14H2,1-2H3,(H,16,17)/t10?,12-/m0/s1. The van der Waals surface area contributed by atoms with Gasteiger partial charge >= 0.3 is 0 Å². The first-order valence-electron chi connectivity index (χ1n) is 6.07. The third-order valence-corrected chi connectivity index (χ3v) is 3.02. The Morgan fingerprint density at radius 2 is 2.12 bits per heavy atom. The van der Waals surface area contributed by atoms with E-state index >= 15 is 0 Å². The predicted molar refractivity (Wildman–Crippen MR) is 68.4 cm³/mol. The number of nitrogens with one attached hydrogen (secondary N) is 1. The fourth-order valence-electron chi connectivity index (χ4n) is 1.51. The number of hydrogen-bond acceptors (Lipinski definition) is 3. The largest absolute Gasteiger partial charge is 0.354 e. The van der Waals surface area contributed by atoms with Gasteiger partial charge in [-0.05, 0) is 30.0 Å². The molecule has 0 spiro atoms. The Labute approximate surface area is 103 Å². The Bertz CT molecular complexity index is 340. The van der Waals surface area contributed by atoms with Crippen LogP contribution in [0.3, 0.4) is 0 Å². The van der Waals surface area contributed by atoms with Gasteiger partial charge in [0.1, 0.15) is 0 Å². The second-order valence-electron chi connectivity index (χ2n) is 4.31. The van der Waals surface area contributed by atoms with Crippen molar-refractivity contribution in [3.63, 3.8) is 0 Å². The van der Waals surface area contributed by atoms with E-state index in [4.69, 9.17) is 5.73 Å². The van der Waals surface area contributed by atoms with Crippen molar-refractivity contribution < 1.29 is 4.79 Å². The number of aromatic nitrogens is 1. The highest BCUT2D eigenvalue weighted by Gasteiger charge is 2.18. The minimum Gasteiger partial charge on any atom is -0.354 e. The van der Waals surface area contributed by atoms with Crippen molar-refractivity contribution in [2.45, 2.75) is 32.7 Å². The van der Waals surface area contributed by atoms with E-state index in [2.05, 4.69) is 10.3 Å². The Kier molecular flexibility index (Phi) is 5.63. The molecule has 1 unspecified atom stereocenters. The van der Waals surface area contributed by atoms with Gasteiger partial charge in [-0.1, -0.05) is 20.3 Å². The lowest BCUT2D eigenvalue weighted by atomic mass is 9.99. The lowest BCUT2D eigenvalue weighted by molar-refractivity contribution is -0.123. The lowest BCUT2D eigenvalue weighted by Gasteiger charge is -2.17. The smallest absolute Gasteiger partial charge is 0.237 e. The molecule has 0 bridgehead atoms. The molecule has 0 saturated heterocycles. The average molecular weight is 235 g/mol. The number of amides is 1. The van der Waals surface area contributed by atoms with E-state index < -0.39 is 6.04 Å². The van der Waals surface area contributed by atoms with Crippen LogP contribution in [0.5, 0.6) is 0 Å². The fourth-order valence-corrected chi connectivity index (χ4v) is 1.51. The molecule has 4 heteroatoms. The Balaban J connectivity index is 2.29. The van der Waals surface area contributed by atoms with Crippen molar-refractivity contribution in [2.75, 3.05) is 6.54 Å². The molecular formula is C13H21N3O. The van der Waals surface area contributed by atoms with E-state index in [1.165, 1.54) is 0 Å². The molecule has 0 aliphatic rings. The molecule has 1 rings (SSSR count). The van der Waals surface area contributed by atoms with Crippen molar-refractivity contribution in [3.8, 4) is 0 Å². The van der Waals surface area contributed by atoms with Gasteiger partial charge in [0.15, 0.2) is 0 Å². The van der Waals surface area contributed by atoms with Crippen LogP contribution in [0.4, 0.5) is 0 Å². The zero-order valence-electron chi connectivity index (χ0n) is 10.5. The van der Waals surface area contributed by atoms with Gasteiger partial charge in [0, 0.05) is 18.9 Å². The zero-order valence-corrected chi connectivity index (χ0v) is 10.5. The van der Waals surface area contributed by atoms with Gasteiger partial charge in [0.25, 0.3) is 0 Å². The van der Waals surface area contributed by atoms with Crippen LogP contribution in [0.2, 0.25) is 0 Å². The Morgan fingerprint density at radius 3 is 2.71 bits per heavy atom. The molecule has 0 aromatic carbocycles. The molecule has 17 heavy (non-hydrogen) atoms. The maximum absolute atomic E-state index is 11.7. The topological polar surface area (TPSA) is 68.0 Å². The summed E-state index contributed by atoms with van der Waals surface area (Å²) in [5.41, 5.74) is 6.99. The number of nitrogens with zero attached hydrogens (tertiary/aromatic N) is 1. The maximum Gasteiger partial charge on any atom is 0.237 e. The van der Waals surface area contributed by atoms with Crippen LogP contribution in [0.15, 0.2) is 24.5 Å². The summed E-state index contributed by atoms with van der Waals surface area (Å²) < 4.78 is 0. The summed E-state index contributed by atoms with van der Waals surface area (Å²) in [6, 6.07) is 3.49. The predicted octanol–water partition coefficient (Wildman–Crippen LogP) is 1.11. The molecule has 0 radical (unpaired) electrons. The van der Waals surface area contributed by atoms with Gasteiger partial charge in [0.2, 0.25) is 5.91 Å². The van der Waals surface area contributed by atoms with Crippen LogP contribution in [0, 0.1) is 5.92 Å². The Hall–Kier alpha value is -1.42. The molecule has 94 valence electrons. The minimum absolute atomic E-state index is 0.0617. The summed E-state index contributed by atoms with van der Waals surface area (Å²) in [6.45, 7) is 4.65. The monoisotopic (exact) mass is 235 g/mol. The Morgan fingerprint density at radius 1 is 1.47 bits per heavy atom. The molecule has 1 amide bonds. The molecule has 0 aliphatic carbocycles. The van der Waals surface area contributed by atoms with Gasteiger partial charge in [-0.2, -0.15) is 0 Å². The number of pyridine rings is 1. The van der Waals surface area contributed by atoms with Gasteiger partial charge in [0.05, 0.1) is 6.04 Å². The lowest BCUT2D eigenvalue weighted by Crippen LogP contribution is -2.45. The van der Waals surface area contributed by atoms with E-state index in [1.807, 2.05) is 26.0 Å². The van der Waals surface area contributed by atoms with E-state index in [9.17, 15) is 4.79 Å². The maximum atomic E-state index is 11.7. The van der Waals surface area contributed by atoms with Crippen LogP contribution < -0.4 is 11.1 Å². The molecule has 1 heterocycles. The van der Waals surface area contributed by atoms with E-state index in [0.717, 1.165) is 18.4 Å². The molecule has 0 fully saturated rings. The second kappa shape index (κ2) is 7.01. The average Bonchev–Trinajstić information content (AvgIpc) is 2.38. The van der Waals surface area contributed by atoms with E-state index in [0.29, 0.717) is 6.54 Å². The van der Waals surface area contributed by atoms with Crippen molar-refractivity contribution in [1.29, 1.82) is 0 Å². The summed E-state index contributed by atoms with van der Waals surface area (Å²) in [5.74, 6) is 0.157. The normalized spacial score (nSPS) is 14.1. The highest BCUT2D eigenvalue weighted by Crippen LogP contribution is 2.05. The highest BCUT2D eigenvalue weighted by molar-refractivity contribution is 5.81. The van der Waals surface area contributed by atoms with E-state index in [-0.39, 0.29) is 11.8 Å². The van der Waals surface area contributed by atoms with Crippen molar-refractivity contribution in [2.24, 2.45) is 11.7 Å². The van der Waals surface area contributed by atoms with Crippen LogP contribution in [-0.4, -0.2) is 23.5 Å². The fraction of sp³-hybridized carbons (Fsp3) is 0.538. The summed E-state index contributed by atoms with van der Waals surface area (Å²) in [4.78, 5) is 15.6. The molecule has 0 aliphatic heterocycles. The van der Waals surface area contributed by atoms with Gasteiger partial charge in [-0.3, -0.25) is 9.78 Å². The van der Waals surface area contributed by atoms with Crippen molar-refractivity contribution >= 4 is 5.91 Å². The number of carbonyl (C=O) groups excluding carboxylic acids is 1. The number of nitrogens with two attached hydrogens (primary N) is 1. The summed E-state index contributed by atoms with van der Waals surface area (Å²) in [7, 11) is 0. The van der Waals surface area contributed by atoms with Crippen molar-refractivity contribution in [3.05, 3.63) is 30.1 Å². The second-order valence-corrected chi connectivity index (χ2v) is 4.31. The third-order valence-electron chi connectivity index (χ3n) is 3.02. The van der Waals surface area contributed by atoms with Crippen LogP contribution in [0.25, 0.3) is 0 Å². The minimum atomic E-state index is -0.405. The first-order chi connectivity index (χ1) is 8.15. The zero-order chi connectivity index (χ0) is 12.7. The SMILES string of the molecule is CCC(C)[C@H](N)C(=O)NCCc1ccncc1. The third kappa shape index (κ3) is 4.53. The van der Waals surface area contributed by atoms with Gasteiger partial charge < -0.3 is 11.1 Å².